The SMILES string of the molecule is CCC/C=C\C/C=C\CCCCCCCC(=O)OCC(COC1OC(CO)C(O)C(O)C1O)OC(=O)CCCCCCCC/C=C\C/C=C\C/C=C\CCCCC. The van der Waals surface area contributed by atoms with E-state index in [1.807, 2.05) is 0 Å². The predicted molar refractivity (Wildman–Crippen MR) is 228 cm³/mol. The van der Waals surface area contributed by atoms with Crippen molar-refractivity contribution >= 4 is 11.9 Å². The first-order valence-corrected chi connectivity index (χ1v) is 22.4. The van der Waals surface area contributed by atoms with Gasteiger partial charge < -0.3 is 39.4 Å². The van der Waals surface area contributed by atoms with E-state index in [-0.39, 0.29) is 26.1 Å². The molecule has 10 heteroatoms. The van der Waals surface area contributed by atoms with Crippen LogP contribution in [0.3, 0.4) is 0 Å². The molecule has 6 unspecified atom stereocenters. The lowest BCUT2D eigenvalue weighted by atomic mass is 9.99. The lowest BCUT2D eigenvalue weighted by Gasteiger charge is -2.39. The number of carbonyl (C=O) groups excluding carboxylic acids is 2. The Labute approximate surface area is 345 Å². The number of ether oxygens (including phenoxy) is 4. The third-order valence-electron chi connectivity index (χ3n) is 9.86. The van der Waals surface area contributed by atoms with Crippen molar-refractivity contribution in [3.63, 3.8) is 0 Å². The van der Waals surface area contributed by atoms with Gasteiger partial charge in [-0.2, -0.15) is 0 Å². The maximum Gasteiger partial charge on any atom is 0.306 e. The Kier molecular flexibility index (Phi) is 34.6. The maximum atomic E-state index is 12.8. The molecule has 0 bridgehead atoms. The van der Waals surface area contributed by atoms with E-state index in [0.29, 0.717) is 12.8 Å². The Balaban J connectivity index is 2.35. The summed E-state index contributed by atoms with van der Waals surface area (Å²) in [4.78, 5) is 25.3. The van der Waals surface area contributed by atoms with Crippen LogP contribution in [0.5, 0.6) is 0 Å². The normalized spacial score (nSPS) is 20.8. The quantitative estimate of drug-likeness (QED) is 0.0274. The molecular formula is C47H80O10. The van der Waals surface area contributed by atoms with E-state index >= 15 is 0 Å². The van der Waals surface area contributed by atoms with E-state index in [9.17, 15) is 30.0 Å². The van der Waals surface area contributed by atoms with Gasteiger partial charge in [0.25, 0.3) is 0 Å². The Morgan fingerprint density at radius 1 is 0.544 bits per heavy atom. The van der Waals surface area contributed by atoms with Crippen molar-refractivity contribution in [2.45, 2.75) is 205 Å². The molecule has 1 saturated heterocycles. The number of hydrogen-bond donors (Lipinski definition) is 4. The molecular weight excluding hydrogens is 725 g/mol. The molecule has 1 fully saturated rings. The summed E-state index contributed by atoms with van der Waals surface area (Å²) >= 11 is 0. The Morgan fingerprint density at radius 3 is 1.54 bits per heavy atom. The van der Waals surface area contributed by atoms with E-state index in [0.717, 1.165) is 96.3 Å². The standard InChI is InChI=1S/C47H80O10/c1-3-5-7-9-11-13-15-17-18-19-20-21-22-24-26-28-30-32-34-36-43(50)56-40(39-55-47-46(53)45(52)44(51)41(37-48)57-47)38-54-42(49)35-33-31-29-27-25-23-16-14-12-10-8-6-4-2/h8,10-11,13-14,16-18,20-21,40-41,44-48,51-53H,3-7,9,12,15,19,22-39H2,1-2H3/b10-8-,13-11-,16-14-,18-17-,21-20-. The average Bonchev–Trinajstić information content (AvgIpc) is 3.21. The second kappa shape index (κ2) is 37.7. The Bertz CT molecular complexity index is 1110. The fourth-order valence-electron chi connectivity index (χ4n) is 6.29. The van der Waals surface area contributed by atoms with Gasteiger partial charge in [0.05, 0.1) is 13.2 Å². The van der Waals surface area contributed by atoms with Crippen LogP contribution in [-0.2, 0) is 28.5 Å². The van der Waals surface area contributed by atoms with Gasteiger partial charge in [-0.25, -0.2) is 0 Å². The van der Waals surface area contributed by atoms with Crippen LogP contribution >= 0.6 is 0 Å². The highest BCUT2D eigenvalue weighted by Crippen LogP contribution is 2.22. The van der Waals surface area contributed by atoms with E-state index < -0.39 is 55.4 Å². The zero-order chi connectivity index (χ0) is 41.6. The number of esters is 2. The van der Waals surface area contributed by atoms with E-state index in [1.165, 1.54) is 32.1 Å². The molecule has 6 atom stereocenters. The first kappa shape index (κ1) is 52.4. The molecule has 1 rings (SSSR count). The highest BCUT2D eigenvalue weighted by Gasteiger charge is 2.44. The van der Waals surface area contributed by atoms with Crippen LogP contribution in [0.25, 0.3) is 0 Å². The smallest absolute Gasteiger partial charge is 0.306 e. The van der Waals surface area contributed by atoms with Crippen LogP contribution in [-0.4, -0.2) is 89.0 Å². The molecule has 0 aromatic heterocycles. The first-order chi connectivity index (χ1) is 27.8. The van der Waals surface area contributed by atoms with Crippen LogP contribution in [0.4, 0.5) is 0 Å². The molecule has 0 spiro atoms. The summed E-state index contributed by atoms with van der Waals surface area (Å²) in [6.07, 6.45) is 37.9. The van der Waals surface area contributed by atoms with Gasteiger partial charge in [-0.15, -0.1) is 0 Å². The van der Waals surface area contributed by atoms with Gasteiger partial charge in [0.2, 0.25) is 0 Å². The monoisotopic (exact) mass is 805 g/mol. The largest absolute Gasteiger partial charge is 0.462 e. The highest BCUT2D eigenvalue weighted by molar-refractivity contribution is 5.70. The molecule has 1 aliphatic heterocycles. The Morgan fingerprint density at radius 2 is 1.02 bits per heavy atom. The van der Waals surface area contributed by atoms with Gasteiger partial charge in [-0.3, -0.25) is 9.59 Å². The van der Waals surface area contributed by atoms with Crippen molar-refractivity contribution in [2.75, 3.05) is 19.8 Å². The molecule has 0 aromatic rings. The molecule has 0 radical (unpaired) electrons. The lowest BCUT2D eigenvalue weighted by Crippen LogP contribution is -2.59. The molecule has 0 aliphatic carbocycles. The minimum absolute atomic E-state index is 0.210. The van der Waals surface area contributed by atoms with E-state index in [4.69, 9.17) is 18.9 Å². The van der Waals surface area contributed by atoms with Crippen molar-refractivity contribution < 1.29 is 49.0 Å². The van der Waals surface area contributed by atoms with Gasteiger partial charge in [0.1, 0.15) is 31.0 Å². The summed E-state index contributed by atoms with van der Waals surface area (Å²) < 4.78 is 22.1. The molecule has 1 aliphatic rings. The minimum Gasteiger partial charge on any atom is -0.462 e. The number of aliphatic hydroxyl groups is 4. The molecule has 4 N–H and O–H groups in total. The number of carbonyl (C=O) groups is 2. The second-order valence-electron chi connectivity index (χ2n) is 15.1. The lowest BCUT2D eigenvalue weighted by molar-refractivity contribution is -0.305. The second-order valence-corrected chi connectivity index (χ2v) is 15.1. The summed E-state index contributed by atoms with van der Waals surface area (Å²) in [6, 6.07) is 0. The van der Waals surface area contributed by atoms with Crippen molar-refractivity contribution in [2.24, 2.45) is 0 Å². The first-order valence-electron chi connectivity index (χ1n) is 22.4. The Hall–Kier alpha value is -2.60. The average molecular weight is 805 g/mol. The van der Waals surface area contributed by atoms with Crippen LogP contribution in [0.1, 0.15) is 168 Å². The highest BCUT2D eigenvalue weighted by atomic mass is 16.7. The van der Waals surface area contributed by atoms with Gasteiger partial charge in [-0.1, -0.05) is 139 Å². The zero-order valence-electron chi connectivity index (χ0n) is 35.6. The predicted octanol–water partition coefficient (Wildman–Crippen LogP) is 9.44. The molecule has 10 nitrogen and oxygen atoms in total. The fraction of sp³-hybridized carbons (Fsp3) is 0.745. The van der Waals surface area contributed by atoms with Crippen LogP contribution in [0.2, 0.25) is 0 Å². The van der Waals surface area contributed by atoms with Crippen molar-refractivity contribution in [1.29, 1.82) is 0 Å². The van der Waals surface area contributed by atoms with Gasteiger partial charge in [0, 0.05) is 12.8 Å². The van der Waals surface area contributed by atoms with Crippen molar-refractivity contribution in [3.05, 3.63) is 60.8 Å². The van der Waals surface area contributed by atoms with Crippen molar-refractivity contribution in [3.8, 4) is 0 Å². The summed E-state index contributed by atoms with van der Waals surface area (Å²) in [5.41, 5.74) is 0. The van der Waals surface area contributed by atoms with Crippen LogP contribution in [0.15, 0.2) is 60.8 Å². The minimum atomic E-state index is -1.60. The van der Waals surface area contributed by atoms with Gasteiger partial charge in [-0.05, 0) is 77.0 Å². The molecule has 57 heavy (non-hydrogen) atoms. The number of rotatable bonds is 36. The zero-order valence-corrected chi connectivity index (χ0v) is 35.6. The third kappa shape index (κ3) is 29.3. The van der Waals surface area contributed by atoms with Gasteiger partial charge >= 0.3 is 11.9 Å². The number of allylic oxidation sites excluding steroid dienone is 10. The van der Waals surface area contributed by atoms with Crippen LogP contribution in [0, 0.1) is 0 Å². The van der Waals surface area contributed by atoms with Crippen LogP contribution < -0.4 is 0 Å². The fourth-order valence-corrected chi connectivity index (χ4v) is 6.29. The maximum absolute atomic E-state index is 12.8. The van der Waals surface area contributed by atoms with Crippen molar-refractivity contribution in [1.82, 2.24) is 0 Å². The molecule has 328 valence electrons. The summed E-state index contributed by atoms with van der Waals surface area (Å²) in [6.45, 7) is 3.29. The van der Waals surface area contributed by atoms with E-state index in [1.54, 1.807) is 0 Å². The molecule has 0 amide bonds. The number of unbranched alkanes of at least 4 members (excludes halogenated alkanes) is 15. The molecule has 0 saturated carbocycles. The van der Waals surface area contributed by atoms with E-state index in [2.05, 4.69) is 74.6 Å². The van der Waals surface area contributed by atoms with Gasteiger partial charge in [0.15, 0.2) is 12.4 Å². The molecule has 0 aromatic carbocycles. The third-order valence-corrected chi connectivity index (χ3v) is 9.86. The topological polar surface area (TPSA) is 152 Å². The molecule has 1 heterocycles. The number of hydrogen-bond acceptors (Lipinski definition) is 10. The summed E-state index contributed by atoms with van der Waals surface area (Å²) in [7, 11) is 0. The summed E-state index contributed by atoms with van der Waals surface area (Å²) in [5, 5.41) is 40.1. The number of aliphatic hydroxyl groups excluding tert-OH is 4. The summed E-state index contributed by atoms with van der Waals surface area (Å²) in [5.74, 6) is -0.842.